The van der Waals surface area contributed by atoms with Crippen molar-refractivity contribution in [1.29, 1.82) is 0 Å². The highest BCUT2D eigenvalue weighted by Gasteiger charge is 2.42. The first-order valence-electron chi connectivity index (χ1n) is 7.45. The van der Waals surface area contributed by atoms with Crippen LogP contribution in [0.4, 0.5) is 0 Å². The van der Waals surface area contributed by atoms with E-state index in [1.165, 1.54) is 19.3 Å². The fourth-order valence-electron chi connectivity index (χ4n) is 3.50. The van der Waals surface area contributed by atoms with Crippen molar-refractivity contribution >= 4 is 5.78 Å². The number of aryl methyl sites for hydroxylation is 1. The summed E-state index contributed by atoms with van der Waals surface area (Å²) < 4.78 is 6.26. The van der Waals surface area contributed by atoms with Crippen LogP contribution in [-0.2, 0) is 0 Å². The molecule has 1 saturated carbocycles. The molecule has 0 unspecified atom stereocenters. The summed E-state index contributed by atoms with van der Waals surface area (Å²) in [7, 11) is 0. The Kier molecular flexibility index (Phi) is 3.12. The normalized spacial score (nSPS) is 30.0. The smallest absolute Gasteiger partial charge is 0.170 e. The van der Waals surface area contributed by atoms with Crippen molar-refractivity contribution in [1.82, 2.24) is 0 Å². The SMILES string of the molecule is CCC1CCC2(CC1)CC(=O)c1cc(C)ccc1O2. The summed E-state index contributed by atoms with van der Waals surface area (Å²) in [6.07, 6.45) is 6.28. The highest BCUT2D eigenvalue weighted by molar-refractivity contribution is 6.00. The topological polar surface area (TPSA) is 26.3 Å². The summed E-state index contributed by atoms with van der Waals surface area (Å²) in [5.74, 6) is 1.89. The van der Waals surface area contributed by atoms with E-state index in [0.29, 0.717) is 6.42 Å². The molecule has 0 bridgehead atoms. The molecule has 1 aromatic carbocycles. The molecule has 1 aliphatic heterocycles. The quantitative estimate of drug-likeness (QED) is 0.750. The number of carbonyl (C=O) groups excluding carboxylic acids is 1. The van der Waals surface area contributed by atoms with Crippen molar-refractivity contribution in [3.05, 3.63) is 29.3 Å². The minimum Gasteiger partial charge on any atom is -0.486 e. The highest BCUT2D eigenvalue weighted by atomic mass is 16.5. The summed E-state index contributed by atoms with van der Waals surface area (Å²) in [4.78, 5) is 12.4. The maximum atomic E-state index is 12.4. The van der Waals surface area contributed by atoms with Crippen LogP contribution in [0.15, 0.2) is 18.2 Å². The van der Waals surface area contributed by atoms with Gasteiger partial charge in [-0.3, -0.25) is 4.79 Å². The van der Waals surface area contributed by atoms with Crippen molar-refractivity contribution in [2.45, 2.75) is 58.0 Å². The average molecular weight is 258 g/mol. The number of rotatable bonds is 1. The number of hydrogen-bond donors (Lipinski definition) is 0. The second-order valence-corrected chi connectivity index (χ2v) is 6.24. The molecule has 1 heterocycles. The summed E-state index contributed by atoms with van der Waals surface area (Å²) in [5.41, 5.74) is 1.70. The Morgan fingerprint density at radius 2 is 2.05 bits per heavy atom. The lowest BCUT2D eigenvalue weighted by Crippen LogP contribution is -2.44. The Morgan fingerprint density at radius 1 is 1.32 bits per heavy atom. The van der Waals surface area contributed by atoms with Crippen molar-refractivity contribution in [2.24, 2.45) is 5.92 Å². The van der Waals surface area contributed by atoms with Gasteiger partial charge in [0.15, 0.2) is 5.78 Å². The molecule has 0 radical (unpaired) electrons. The molecule has 1 fully saturated rings. The van der Waals surface area contributed by atoms with Crippen LogP contribution in [0.3, 0.4) is 0 Å². The zero-order chi connectivity index (χ0) is 13.5. The van der Waals surface area contributed by atoms with E-state index >= 15 is 0 Å². The van der Waals surface area contributed by atoms with Crippen LogP contribution in [0.1, 0.15) is 61.4 Å². The van der Waals surface area contributed by atoms with Crippen LogP contribution >= 0.6 is 0 Å². The number of benzene rings is 1. The van der Waals surface area contributed by atoms with Crippen LogP contribution in [0.5, 0.6) is 5.75 Å². The largest absolute Gasteiger partial charge is 0.486 e. The molecule has 19 heavy (non-hydrogen) atoms. The van der Waals surface area contributed by atoms with Gasteiger partial charge in [0.1, 0.15) is 11.4 Å². The van der Waals surface area contributed by atoms with E-state index in [1.54, 1.807) is 0 Å². The summed E-state index contributed by atoms with van der Waals surface area (Å²) in [6, 6.07) is 5.96. The second-order valence-electron chi connectivity index (χ2n) is 6.24. The Balaban J connectivity index is 1.85. The van der Waals surface area contributed by atoms with E-state index in [-0.39, 0.29) is 11.4 Å². The number of ketones is 1. The molecule has 1 spiro atoms. The van der Waals surface area contributed by atoms with Gasteiger partial charge in [-0.05, 0) is 50.7 Å². The molecule has 0 atom stereocenters. The fraction of sp³-hybridized carbons (Fsp3) is 0.588. The third kappa shape index (κ3) is 2.29. The van der Waals surface area contributed by atoms with Crippen LogP contribution in [0.2, 0.25) is 0 Å². The van der Waals surface area contributed by atoms with E-state index in [0.717, 1.165) is 35.6 Å². The van der Waals surface area contributed by atoms with Crippen molar-refractivity contribution in [3.63, 3.8) is 0 Å². The standard InChI is InChI=1S/C17H22O2/c1-3-13-6-8-17(9-7-13)11-15(18)14-10-12(2)4-5-16(14)19-17/h4-5,10,13H,3,6-9,11H2,1-2H3. The number of Topliss-reactive ketones (excluding diaryl/α,β-unsaturated/α-hetero) is 1. The first-order valence-corrected chi connectivity index (χ1v) is 7.45. The van der Waals surface area contributed by atoms with Gasteiger partial charge in [0.05, 0.1) is 12.0 Å². The Bertz CT molecular complexity index is 496. The van der Waals surface area contributed by atoms with Gasteiger partial charge in [0.25, 0.3) is 0 Å². The zero-order valence-electron chi connectivity index (χ0n) is 11.9. The lowest BCUT2D eigenvalue weighted by atomic mass is 9.73. The molecular formula is C17H22O2. The van der Waals surface area contributed by atoms with Gasteiger partial charge in [-0.1, -0.05) is 25.0 Å². The van der Waals surface area contributed by atoms with Crippen LogP contribution < -0.4 is 4.74 Å². The molecule has 3 rings (SSSR count). The van der Waals surface area contributed by atoms with E-state index in [9.17, 15) is 4.79 Å². The van der Waals surface area contributed by atoms with Crippen LogP contribution in [0, 0.1) is 12.8 Å². The molecule has 2 nitrogen and oxygen atoms in total. The number of fused-ring (bicyclic) bond motifs is 1. The van der Waals surface area contributed by atoms with Gasteiger partial charge in [0.2, 0.25) is 0 Å². The summed E-state index contributed by atoms with van der Waals surface area (Å²) >= 11 is 0. The molecule has 2 aliphatic rings. The van der Waals surface area contributed by atoms with E-state index < -0.39 is 0 Å². The van der Waals surface area contributed by atoms with E-state index in [1.807, 2.05) is 25.1 Å². The molecule has 2 heteroatoms. The Morgan fingerprint density at radius 3 is 2.74 bits per heavy atom. The van der Waals surface area contributed by atoms with Gasteiger partial charge in [-0.15, -0.1) is 0 Å². The van der Waals surface area contributed by atoms with Crippen molar-refractivity contribution < 1.29 is 9.53 Å². The van der Waals surface area contributed by atoms with Gasteiger partial charge in [-0.25, -0.2) is 0 Å². The molecule has 0 amide bonds. The minimum atomic E-state index is -0.203. The van der Waals surface area contributed by atoms with E-state index in [4.69, 9.17) is 4.74 Å². The lowest BCUT2D eigenvalue weighted by molar-refractivity contribution is 0.00173. The molecule has 0 saturated heterocycles. The van der Waals surface area contributed by atoms with Crippen molar-refractivity contribution in [3.8, 4) is 5.75 Å². The van der Waals surface area contributed by atoms with Crippen LogP contribution in [-0.4, -0.2) is 11.4 Å². The Hall–Kier alpha value is -1.31. The number of hydrogen-bond acceptors (Lipinski definition) is 2. The first kappa shape index (κ1) is 12.7. The van der Waals surface area contributed by atoms with E-state index in [2.05, 4.69) is 6.92 Å². The lowest BCUT2D eigenvalue weighted by Gasteiger charge is -2.42. The predicted molar refractivity (Wildman–Crippen MR) is 75.7 cm³/mol. The second kappa shape index (κ2) is 4.66. The Labute approximate surface area is 115 Å². The number of carbonyl (C=O) groups is 1. The summed E-state index contributed by atoms with van der Waals surface area (Å²) in [5, 5.41) is 0. The number of ether oxygens (including phenoxy) is 1. The van der Waals surface area contributed by atoms with Gasteiger partial charge >= 0.3 is 0 Å². The monoisotopic (exact) mass is 258 g/mol. The predicted octanol–water partition coefficient (Wildman–Crippen LogP) is 4.30. The average Bonchev–Trinajstić information content (AvgIpc) is 2.41. The van der Waals surface area contributed by atoms with Crippen molar-refractivity contribution in [2.75, 3.05) is 0 Å². The molecule has 0 N–H and O–H groups in total. The highest BCUT2D eigenvalue weighted by Crippen LogP contribution is 2.43. The third-order valence-electron chi connectivity index (χ3n) is 4.84. The molecule has 1 aliphatic carbocycles. The maximum absolute atomic E-state index is 12.4. The first-order chi connectivity index (χ1) is 9.12. The van der Waals surface area contributed by atoms with Gasteiger partial charge < -0.3 is 4.74 Å². The third-order valence-corrected chi connectivity index (χ3v) is 4.84. The minimum absolute atomic E-state index is 0.203. The van der Waals surface area contributed by atoms with Gasteiger partial charge in [0, 0.05) is 0 Å². The van der Waals surface area contributed by atoms with Gasteiger partial charge in [-0.2, -0.15) is 0 Å². The fourth-order valence-corrected chi connectivity index (χ4v) is 3.50. The zero-order valence-corrected chi connectivity index (χ0v) is 11.9. The molecule has 1 aromatic rings. The molecule has 0 aromatic heterocycles. The maximum Gasteiger partial charge on any atom is 0.170 e. The molecule has 102 valence electrons. The summed E-state index contributed by atoms with van der Waals surface area (Å²) in [6.45, 7) is 4.28. The molecular weight excluding hydrogens is 236 g/mol. The van der Waals surface area contributed by atoms with Crippen LogP contribution in [0.25, 0.3) is 0 Å².